The van der Waals surface area contributed by atoms with E-state index in [2.05, 4.69) is 15.9 Å². The average molecular weight is 321 g/mol. The van der Waals surface area contributed by atoms with Crippen molar-refractivity contribution in [2.24, 2.45) is 0 Å². The van der Waals surface area contributed by atoms with Crippen molar-refractivity contribution < 1.29 is 14.3 Å². The molecule has 2 aromatic rings. The third-order valence-electron chi connectivity index (χ3n) is 2.62. The molecule has 0 spiro atoms. The van der Waals surface area contributed by atoms with Crippen LogP contribution in [0.1, 0.15) is 15.9 Å². The smallest absolute Gasteiger partial charge is 0.150 e. The van der Waals surface area contributed by atoms with Gasteiger partial charge in [0.05, 0.1) is 11.6 Å². The highest BCUT2D eigenvalue weighted by molar-refractivity contribution is 9.10. The van der Waals surface area contributed by atoms with E-state index in [4.69, 9.17) is 9.47 Å². The van der Waals surface area contributed by atoms with Crippen molar-refractivity contribution in [3.05, 3.63) is 58.1 Å². The predicted molar refractivity (Wildman–Crippen MR) is 76.9 cm³/mol. The molecule has 0 bridgehead atoms. The lowest BCUT2D eigenvalue weighted by Crippen LogP contribution is -1.96. The molecule has 0 atom stereocenters. The number of methoxy groups -OCH3 is 1. The fraction of sp³-hybridized carbons (Fsp3) is 0.133. The van der Waals surface area contributed by atoms with Gasteiger partial charge in [-0.2, -0.15) is 0 Å². The van der Waals surface area contributed by atoms with E-state index in [-0.39, 0.29) is 0 Å². The minimum absolute atomic E-state index is 0.435. The number of hydrogen-bond acceptors (Lipinski definition) is 3. The number of carbonyl (C=O) groups is 1. The van der Waals surface area contributed by atoms with Crippen LogP contribution in [0, 0.1) is 0 Å². The molecule has 0 aliphatic rings. The molecule has 19 heavy (non-hydrogen) atoms. The molecule has 0 aliphatic heterocycles. The first-order valence-corrected chi connectivity index (χ1v) is 6.52. The Hall–Kier alpha value is -1.81. The van der Waals surface area contributed by atoms with Crippen molar-refractivity contribution in [3.8, 4) is 11.5 Å². The number of rotatable bonds is 5. The van der Waals surface area contributed by atoms with Crippen LogP contribution in [0.5, 0.6) is 11.5 Å². The summed E-state index contributed by atoms with van der Waals surface area (Å²) in [6, 6.07) is 12.8. The van der Waals surface area contributed by atoms with Gasteiger partial charge >= 0.3 is 0 Å². The Morgan fingerprint density at radius 2 is 2.05 bits per heavy atom. The minimum atomic E-state index is 0.435. The van der Waals surface area contributed by atoms with Gasteiger partial charge in [-0.05, 0) is 45.8 Å². The van der Waals surface area contributed by atoms with E-state index in [0.717, 1.165) is 22.1 Å². The molecule has 0 saturated heterocycles. The lowest BCUT2D eigenvalue weighted by molar-refractivity contribution is 0.112. The molecule has 0 aromatic heterocycles. The first-order chi connectivity index (χ1) is 9.22. The Labute approximate surface area is 120 Å². The van der Waals surface area contributed by atoms with E-state index in [1.165, 1.54) is 0 Å². The van der Waals surface area contributed by atoms with Crippen molar-refractivity contribution in [2.75, 3.05) is 7.11 Å². The van der Waals surface area contributed by atoms with Crippen LogP contribution < -0.4 is 9.47 Å². The fourth-order valence-corrected chi connectivity index (χ4v) is 2.23. The van der Waals surface area contributed by atoms with Gasteiger partial charge in [-0.1, -0.05) is 18.2 Å². The fourth-order valence-electron chi connectivity index (χ4n) is 1.64. The third-order valence-corrected chi connectivity index (χ3v) is 3.24. The van der Waals surface area contributed by atoms with Crippen LogP contribution >= 0.6 is 15.9 Å². The number of ether oxygens (including phenoxy) is 2. The Bertz CT molecular complexity index is 581. The summed E-state index contributed by atoms with van der Waals surface area (Å²) in [4.78, 5) is 10.7. The maximum absolute atomic E-state index is 10.7. The monoisotopic (exact) mass is 320 g/mol. The Morgan fingerprint density at radius 3 is 2.74 bits per heavy atom. The zero-order valence-corrected chi connectivity index (χ0v) is 12.0. The highest BCUT2D eigenvalue weighted by atomic mass is 79.9. The molecule has 0 heterocycles. The normalized spacial score (nSPS) is 10.0. The number of aldehydes is 1. The lowest BCUT2D eigenvalue weighted by Gasteiger charge is -2.09. The maximum atomic E-state index is 10.7. The second-order valence-corrected chi connectivity index (χ2v) is 4.80. The molecule has 0 N–H and O–H groups in total. The molecule has 0 radical (unpaired) electrons. The Balaban J connectivity index is 2.05. The molecule has 2 rings (SSSR count). The van der Waals surface area contributed by atoms with Crippen LogP contribution in [0.25, 0.3) is 0 Å². The Morgan fingerprint density at radius 1 is 1.21 bits per heavy atom. The van der Waals surface area contributed by atoms with Crippen LogP contribution in [0.15, 0.2) is 46.9 Å². The van der Waals surface area contributed by atoms with Crippen LogP contribution in [0.2, 0.25) is 0 Å². The summed E-state index contributed by atoms with van der Waals surface area (Å²) in [6.07, 6.45) is 0.802. The van der Waals surface area contributed by atoms with E-state index >= 15 is 0 Å². The SMILES string of the molecule is COc1ccc(COc2cccc(C=O)c2)cc1Br. The van der Waals surface area contributed by atoms with Gasteiger partial charge in [-0.25, -0.2) is 0 Å². The molecule has 2 aromatic carbocycles. The largest absolute Gasteiger partial charge is 0.496 e. The summed E-state index contributed by atoms with van der Waals surface area (Å²) >= 11 is 3.43. The second kappa shape index (κ2) is 6.38. The highest BCUT2D eigenvalue weighted by Gasteiger charge is 2.02. The summed E-state index contributed by atoms with van der Waals surface area (Å²) < 4.78 is 11.7. The molecule has 0 saturated carbocycles. The van der Waals surface area contributed by atoms with Crippen molar-refractivity contribution in [1.29, 1.82) is 0 Å². The average Bonchev–Trinajstić information content (AvgIpc) is 2.45. The van der Waals surface area contributed by atoms with Crippen LogP contribution in [-0.2, 0) is 6.61 Å². The summed E-state index contributed by atoms with van der Waals surface area (Å²) in [5, 5.41) is 0. The van der Waals surface area contributed by atoms with Gasteiger partial charge in [0.2, 0.25) is 0 Å². The zero-order valence-electron chi connectivity index (χ0n) is 10.4. The van der Waals surface area contributed by atoms with Gasteiger partial charge in [0.15, 0.2) is 0 Å². The van der Waals surface area contributed by atoms with Crippen molar-refractivity contribution >= 4 is 22.2 Å². The molecular weight excluding hydrogens is 308 g/mol. The first-order valence-electron chi connectivity index (χ1n) is 5.73. The summed E-state index contributed by atoms with van der Waals surface area (Å²) in [5.41, 5.74) is 1.62. The second-order valence-electron chi connectivity index (χ2n) is 3.95. The van der Waals surface area contributed by atoms with E-state index in [1.54, 1.807) is 25.3 Å². The van der Waals surface area contributed by atoms with Gasteiger partial charge in [0, 0.05) is 5.56 Å². The molecule has 0 aliphatic carbocycles. The molecule has 3 nitrogen and oxygen atoms in total. The van der Waals surface area contributed by atoms with Gasteiger partial charge < -0.3 is 9.47 Å². The van der Waals surface area contributed by atoms with E-state index in [9.17, 15) is 4.79 Å². The quantitative estimate of drug-likeness (QED) is 0.785. The van der Waals surface area contributed by atoms with Crippen LogP contribution in [0.4, 0.5) is 0 Å². The van der Waals surface area contributed by atoms with E-state index in [0.29, 0.717) is 17.9 Å². The highest BCUT2D eigenvalue weighted by Crippen LogP contribution is 2.26. The number of carbonyl (C=O) groups excluding carboxylic acids is 1. The van der Waals surface area contributed by atoms with Crippen LogP contribution in [0.3, 0.4) is 0 Å². The summed E-state index contributed by atoms with van der Waals surface area (Å²) in [6.45, 7) is 0.435. The van der Waals surface area contributed by atoms with Gasteiger partial charge in [-0.3, -0.25) is 4.79 Å². The van der Waals surface area contributed by atoms with Crippen molar-refractivity contribution in [3.63, 3.8) is 0 Å². The first kappa shape index (κ1) is 13.6. The minimum Gasteiger partial charge on any atom is -0.496 e. The van der Waals surface area contributed by atoms with E-state index < -0.39 is 0 Å². The molecule has 0 unspecified atom stereocenters. The number of benzene rings is 2. The number of halogens is 1. The lowest BCUT2D eigenvalue weighted by atomic mass is 10.2. The zero-order chi connectivity index (χ0) is 13.7. The van der Waals surface area contributed by atoms with Gasteiger partial charge in [0.1, 0.15) is 24.4 Å². The summed E-state index contributed by atoms with van der Waals surface area (Å²) in [5.74, 6) is 1.46. The van der Waals surface area contributed by atoms with Crippen molar-refractivity contribution in [2.45, 2.75) is 6.61 Å². The van der Waals surface area contributed by atoms with Gasteiger partial charge in [-0.15, -0.1) is 0 Å². The summed E-state index contributed by atoms with van der Waals surface area (Å²) in [7, 11) is 1.63. The van der Waals surface area contributed by atoms with Crippen molar-refractivity contribution in [1.82, 2.24) is 0 Å². The van der Waals surface area contributed by atoms with Gasteiger partial charge in [0.25, 0.3) is 0 Å². The molecule has 4 heteroatoms. The maximum Gasteiger partial charge on any atom is 0.150 e. The standard InChI is InChI=1S/C15H13BrO3/c1-18-15-6-5-12(8-14(15)16)10-19-13-4-2-3-11(7-13)9-17/h2-9H,10H2,1H3. The van der Waals surface area contributed by atoms with Crippen LogP contribution in [-0.4, -0.2) is 13.4 Å². The predicted octanol–water partition coefficient (Wildman–Crippen LogP) is 3.85. The number of hydrogen-bond donors (Lipinski definition) is 0. The molecule has 0 fully saturated rings. The molecule has 98 valence electrons. The topological polar surface area (TPSA) is 35.5 Å². The molecular formula is C15H13BrO3. The Kier molecular flexibility index (Phi) is 4.58. The van der Waals surface area contributed by atoms with E-state index in [1.807, 2.05) is 24.3 Å². The third kappa shape index (κ3) is 3.58. The molecule has 0 amide bonds.